The number of hydrogen-bond acceptors (Lipinski definition) is 6. The number of carbonyl (C=O) groups excluding carboxylic acids is 1. The highest BCUT2D eigenvalue weighted by atomic mass is 16.3. The number of para-hydroxylation sites is 1. The van der Waals surface area contributed by atoms with Crippen molar-refractivity contribution in [3.8, 4) is 0 Å². The molecule has 2 aromatic heterocycles. The summed E-state index contributed by atoms with van der Waals surface area (Å²) < 4.78 is 5.27. The summed E-state index contributed by atoms with van der Waals surface area (Å²) in [6.45, 7) is 4.79. The SMILES string of the molecule is O=C(c1ccco1)N1CCN(c2nc(N3CCCCCC3)c3ccccc3n2)CC1. The first-order valence-corrected chi connectivity index (χ1v) is 10.9. The van der Waals surface area contributed by atoms with Crippen LogP contribution in [0.5, 0.6) is 0 Å². The Kier molecular flexibility index (Phi) is 5.26. The van der Waals surface area contributed by atoms with E-state index in [1.165, 1.54) is 31.9 Å². The van der Waals surface area contributed by atoms with Crippen molar-refractivity contribution in [3.63, 3.8) is 0 Å². The van der Waals surface area contributed by atoms with Gasteiger partial charge in [-0.3, -0.25) is 4.79 Å². The zero-order valence-corrected chi connectivity index (χ0v) is 17.2. The summed E-state index contributed by atoms with van der Waals surface area (Å²) in [4.78, 5) is 28.9. The van der Waals surface area contributed by atoms with Crippen molar-refractivity contribution in [2.45, 2.75) is 25.7 Å². The van der Waals surface area contributed by atoms with Crippen LogP contribution in [-0.2, 0) is 0 Å². The summed E-state index contributed by atoms with van der Waals surface area (Å²) in [5.74, 6) is 2.16. The van der Waals surface area contributed by atoms with Crippen molar-refractivity contribution in [1.82, 2.24) is 14.9 Å². The normalized spacial score (nSPS) is 17.9. The Bertz CT molecular complexity index is 1000. The molecule has 0 radical (unpaired) electrons. The first-order chi connectivity index (χ1) is 14.8. The maximum absolute atomic E-state index is 12.5. The van der Waals surface area contributed by atoms with E-state index >= 15 is 0 Å². The lowest BCUT2D eigenvalue weighted by Gasteiger charge is -2.35. The van der Waals surface area contributed by atoms with E-state index in [0.717, 1.165) is 35.8 Å². The van der Waals surface area contributed by atoms with E-state index in [2.05, 4.69) is 28.0 Å². The highest BCUT2D eigenvalue weighted by molar-refractivity contribution is 5.92. The molecule has 0 bridgehead atoms. The predicted molar refractivity (Wildman–Crippen MR) is 117 cm³/mol. The highest BCUT2D eigenvalue weighted by Crippen LogP contribution is 2.29. The first-order valence-electron chi connectivity index (χ1n) is 10.9. The van der Waals surface area contributed by atoms with Gasteiger partial charge in [-0.1, -0.05) is 25.0 Å². The minimum Gasteiger partial charge on any atom is -0.459 e. The smallest absolute Gasteiger partial charge is 0.289 e. The fourth-order valence-electron chi connectivity index (χ4n) is 4.38. The minimum atomic E-state index is -0.0515. The molecule has 2 fully saturated rings. The molecule has 0 unspecified atom stereocenters. The molecule has 3 aromatic rings. The molecule has 4 heterocycles. The Morgan fingerprint density at radius 2 is 1.57 bits per heavy atom. The number of anilines is 2. The quantitative estimate of drug-likeness (QED) is 0.664. The Labute approximate surface area is 176 Å². The fourth-order valence-corrected chi connectivity index (χ4v) is 4.38. The zero-order valence-electron chi connectivity index (χ0n) is 17.2. The molecule has 0 N–H and O–H groups in total. The lowest BCUT2D eigenvalue weighted by molar-refractivity contribution is 0.0714. The second-order valence-corrected chi connectivity index (χ2v) is 8.02. The van der Waals surface area contributed by atoms with Gasteiger partial charge in [0.15, 0.2) is 5.76 Å². The monoisotopic (exact) mass is 405 g/mol. The Hall–Kier alpha value is -3.09. The third-order valence-corrected chi connectivity index (χ3v) is 6.06. The van der Waals surface area contributed by atoms with E-state index in [4.69, 9.17) is 14.4 Å². The predicted octanol–water partition coefficient (Wildman–Crippen LogP) is 3.57. The number of nitrogens with zero attached hydrogens (tertiary/aromatic N) is 5. The summed E-state index contributed by atoms with van der Waals surface area (Å²) >= 11 is 0. The lowest BCUT2D eigenvalue weighted by Crippen LogP contribution is -2.49. The largest absolute Gasteiger partial charge is 0.459 e. The van der Waals surface area contributed by atoms with Crippen LogP contribution in [0.25, 0.3) is 10.9 Å². The van der Waals surface area contributed by atoms with Gasteiger partial charge in [0.1, 0.15) is 5.82 Å². The molecule has 5 rings (SSSR count). The van der Waals surface area contributed by atoms with Crippen LogP contribution in [0.1, 0.15) is 36.2 Å². The summed E-state index contributed by atoms with van der Waals surface area (Å²) in [5.41, 5.74) is 0.982. The molecular formula is C23H27N5O2. The van der Waals surface area contributed by atoms with Crippen LogP contribution in [0.4, 0.5) is 11.8 Å². The second kappa shape index (κ2) is 8.34. The van der Waals surface area contributed by atoms with Gasteiger partial charge < -0.3 is 19.1 Å². The Morgan fingerprint density at radius 1 is 0.800 bits per heavy atom. The number of carbonyl (C=O) groups is 1. The van der Waals surface area contributed by atoms with Gasteiger partial charge in [-0.2, -0.15) is 4.98 Å². The van der Waals surface area contributed by atoms with E-state index in [0.29, 0.717) is 31.9 Å². The highest BCUT2D eigenvalue weighted by Gasteiger charge is 2.26. The number of rotatable bonds is 3. The van der Waals surface area contributed by atoms with Gasteiger partial charge in [-0.15, -0.1) is 0 Å². The molecule has 0 aliphatic carbocycles. The molecule has 1 aromatic carbocycles. The van der Waals surface area contributed by atoms with Gasteiger partial charge >= 0.3 is 0 Å². The van der Waals surface area contributed by atoms with E-state index in [9.17, 15) is 4.79 Å². The maximum atomic E-state index is 12.5. The molecule has 0 atom stereocenters. The molecule has 2 aliphatic rings. The van der Waals surface area contributed by atoms with E-state index in [1.807, 2.05) is 11.0 Å². The van der Waals surface area contributed by atoms with Crippen LogP contribution < -0.4 is 9.80 Å². The van der Waals surface area contributed by atoms with Gasteiger partial charge in [-0.05, 0) is 37.1 Å². The maximum Gasteiger partial charge on any atom is 0.289 e. The third kappa shape index (κ3) is 3.72. The van der Waals surface area contributed by atoms with Gasteiger partial charge in [0.2, 0.25) is 5.95 Å². The van der Waals surface area contributed by atoms with Gasteiger partial charge in [-0.25, -0.2) is 4.98 Å². The number of amides is 1. The van der Waals surface area contributed by atoms with Crippen molar-refractivity contribution in [2.75, 3.05) is 49.1 Å². The molecule has 7 heteroatoms. The zero-order chi connectivity index (χ0) is 20.3. The van der Waals surface area contributed by atoms with Crippen LogP contribution in [0.3, 0.4) is 0 Å². The standard InChI is InChI=1S/C23H27N5O2/c29-22(20-10-7-17-30-20)27-13-15-28(16-14-27)23-24-19-9-4-3-8-18(19)21(25-23)26-11-5-1-2-6-12-26/h3-4,7-10,17H,1-2,5-6,11-16H2. The first kappa shape index (κ1) is 18.9. The molecule has 1 amide bonds. The Balaban J connectivity index is 1.39. The van der Waals surface area contributed by atoms with Crippen molar-refractivity contribution in [1.29, 1.82) is 0 Å². The lowest BCUT2D eigenvalue weighted by atomic mass is 10.2. The average molecular weight is 406 g/mol. The van der Waals surface area contributed by atoms with Gasteiger partial charge in [0.25, 0.3) is 5.91 Å². The van der Waals surface area contributed by atoms with Crippen LogP contribution in [0, 0.1) is 0 Å². The molecule has 30 heavy (non-hydrogen) atoms. The van der Waals surface area contributed by atoms with Crippen molar-refractivity contribution >= 4 is 28.6 Å². The summed E-state index contributed by atoms with van der Waals surface area (Å²) in [5, 5.41) is 1.12. The Morgan fingerprint density at radius 3 is 2.30 bits per heavy atom. The molecule has 0 spiro atoms. The van der Waals surface area contributed by atoms with Crippen LogP contribution in [0.15, 0.2) is 47.1 Å². The third-order valence-electron chi connectivity index (χ3n) is 6.06. The van der Waals surface area contributed by atoms with Crippen molar-refractivity contribution < 1.29 is 9.21 Å². The number of hydrogen-bond donors (Lipinski definition) is 0. The van der Waals surface area contributed by atoms with E-state index in [1.54, 1.807) is 12.1 Å². The van der Waals surface area contributed by atoms with Crippen LogP contribution >= 0.6 is 0 Å². The summed E-state index contributed by atoms with van der Waals surface area (Å²) in [6, 6.07) is 11.8. The summed E-state index contributed by atoms with van der Waals surface area (Å²) in [6.07, 6.45) is 6.54. The number of piperazine rings is 1. The molecule has 156 valence electrons. The molecule has 2 saturated heterocycles. The van der Waals surface area contributed by atoms with Gasteiger partial charge in [0.05, 0.1) is 11.8 Å². The van der Waals surface area contributed by atoms with E-state index < -0.39 is 0 Å². The number of furan rings is 1. The molecular weight excluding hydrogens is 378 g/mol. The summed E-state index contributed by atoms with van der Waals surface area (Å²) in [7, 11) is 0. The molecule has 2 aliphatic heterocycles. The average Bonchev–Trinajstić information content (AvgIpc) is 3.21. The second-order valence-electron chi connectivity index (χ2n) is 8.02. The van der Waals surface area contributed by atoms with Crippen LogP contribution in [-0.4, -0.2) is 60.0 Å². The van der Waals surface area contributed by atoms with Crippen molar-refractivity contribution in [2.24, 2.45) is 0 Å². The fraction of sp³-hybridized carbons (Fsp3) is 0.435. The van der Waals surface area contributed by atoms with Crippen LogP contribution in [0.2, 0.25) is 0 Å². The number of fused-ring (bicyclic) bond motifs is 1. The number of benzene rings is 1. The molecule has 0 saturated carbocycles. The van der Waals surface area contributed by atoms with Crippen molar-refractivity contribution in [3.05, 3.63) is 48.4 Å². The van der Waals surface area contributed by atoms with E-state index in [-0.39, 0.29) is 5.91 Å². The topological polar surface area (TPSA) is 65.7 Å². The number of aromatic nitrogens is 2. The van der Waals surface area contributed by atoms with Gasteiger partial charge in [0, 0.05) is 44.7 Å². The minimum absolute atomic E-state index is 0.0515. The molecule has 7 nitrogen and oxygen atoms in total.